The van der Waals surface area contributed by atoms with Crippen LogP contribution in [0.15, 0.2) is 15.9 Å². The minimum Gasteiger partial charge on any atom is -0.315 e. The Balaban J connectivity index is 2.13. The van der Waals surface area contributed by atoms with Gasteiger partial charge in [-0.1, -0.05) is 0 Å². The Morgan fingerprint density at radius 3 is 2.83 bits per heavy atom. The van der Waals surface area contributed by atoms with Gasteiger partial charge in [0.1, 0.15) is 0 Å². The van der Waals surface area contributed by atoms with E-state index in [1.54, 1.807) is 0 Å². The van der Waals surface area contributed by atoms with E-state index in [1.165, 1.54) is 11.3 Å². The van der Waals surface area contributed by atoms with Gasteiger partial charge in [0.15, 0.2) is 5.78 Å². The zero-order valence-electron chi connectivity index (χ0n) is 6.34. The first-order chi connectivity index (χ1) is 5.77. The SMILES string of the molecule is O=C(c1cc(Br)cs1)C1CNC1. The number of hydrogen-bond acceptors (Lipinski definition) is 3. The Hall–Kier alpha value is -0.190. The lowest BCUT2D eigenvalue weighted by Crippen LogP contribution is -2.46. The number of hydrogen-bond donors (Lipinski definition) is 1. The zero-order chi connectivity index (χ0) is 8.55. The summed E-state index contributed by atoms with van der Waals surface area (Å²) in [5, 5.41) is 5.03. The molecule has 2 heterocycles. The number of rotatable bonds is 2. The molecule has 0 bridgehead atoms. The number of thiophene rings is 1. The molecule has 2 rings (SSSR count). The van der Waals surface area contributed by atoms with Crippen LogP contribution in [0.1, 0.15) is 9.67 Å². The first kappa shape index (κ1) is 8.41. The normalized spacial score (nSPS) is 17.4. The summed E-state index contributed by atoms with van der Waals surface area (Å²) in [4.78, 5) is 12.5. The molecule has 0 aliphatic carbocycles. The van der Waals surface area contributed by atoms with E-state index in [-0.39, 0.29) is 11.7 Å². The molecule has 0 atom stereocenters. The predicted octanol–water partition coefficient (Wildman–Crippen LogP) is 1.91. The van der Waals surface area contributed by atoms with Gasteiger partial charge in [-0.05, 0) is 22.0 Å². The number of nitrogens with one attached hydrogen (secondary N) is 1. The van der Waals surface area contributed by atoms with E-state index in [0.29, 0.717) is 0 Å². The van der Waals surface area contributed by atoms with E-state index in [9.17, 15) is 4.79 Å². The van der Waals surface area contributed by atoms with Crippen molar-refractivity contribution in [3.05, 3.63) is 20.8 Å². The first-order valence-corrected chi connectivity index (χ1v) is 5.43. The minimum atomic E-state index is 0.218. The van der Waals surface area contributed by atoms with Crippen LogP contribution < -0.4 is 5.32 Å². The fourth-order valence-corrected chi connectivity index (χ4v) is 2.56. The van der Waals surface area contributed by atoms with Crippen LogP contribution in [0.5, 0.6) is 0 Å². The molecule has 1 saturated heterocycles. The smallest absolute Gasteiger partial charge is 0.178 e. The highest BCUT2D eigenvalue weighted by atomic mass is 79.9. The second-order valence-corrected chi connectivity index (χ2v) is 4.68. The van der Waals surface area contributed by atoms with Crippen LogP contribution in [-0.2, 0) is 0 Å². The highest BCUT2D eigenvalue weighted by Gasteiger charge is 2.26. The quantitative estimate of drug-likeness (QED) is 0.807. The average Bonchev–Trinajstić information content (AvgIpc) is 2.31. The van der Waals surface area contributed by atoms with E-state index < -0.39 is 0 Å². The van der Waals surface area contributed by atoms with Crippen molar-refractivity contribution in [1.29, 1.82) is 0 Å². The Labute approximate surface area is 83.1 Å². The molecular formula is C8H8BrNOS. The molecule has 1 aromatic heterocycles. The van der Waals surface area contributed by atoms with Crippen molar-refractivity contribution in [2.75, 3.05) is 13.1 Å². The molecule has 1 N–H and O–H groups in total. The van der Waals surface area contributed by atoms with Crippen LogP contribution in [0.4, 0.5) is 0 Å². The zero-order valence-corrected chi connectivity index (χ0v) is 8.74. The highest BCUT2D eigenvalue weighted by molar-refractivity contribution is 9.10. The Bertz CT molecular complexity index is 306. The highest BCUT2D eigenvalue weighted by Crippen LogP contribution is 2.23. The summed E-state index contributed by atoms with van der Waals surface area (Å²) in [5.41, 5.74) is 0. The molecule has 0 amide bonds. The van der Waals surface area contributed by atoms with Gasteiger partial charge in [-0.3, -0.25) is 4.79 Å². The van der Waals surface area contributed by atoms with Crippen molar-refractivity contribution in [1.82, 2.24) is 5.32 Å². The van der Waals surface area contributed by atoms with Gasteiger partial charge in [0.05, 0.1) is 4.88 Å². The standard InChI is InChI=1S/C8H8BrNOS/c9-6-1-7(12-4-6)8(11)5-2-10-3-5/h1,4-5,10H,2-3H2. The van der Waals surface area contributed by atoms with Crippen LogP contribution >= 0.6 is 27.3 Å². The third-order valence-corrected chi connectivity index (χ3v) is 3.67. The third kappa shape index (κ3) is 1.46. The molecule has 0 saturated carbocycles. The van der Waals surface area contributed by atoms with Crippen LogP contribution in [-0.4, -0.2) is 18.9 Å². The van der Waals surface area contributed by atoms with Gasteiger partial charge in [0.2, 0.25) is 0 Å². The van der Waals surface area contributed by atoms with Gasteiger partial charge in [0, 0.05) is 28.9 Å². The van der Waals surface area contributed by atoms with Gasteiger partial charge in [0.25, 0.3) is 0 Å². The van der Waals surface area contributed by atoms with Gasteiger partial charge in [-0.2, -0.15) is 0 Å². The Morgan fingerprint density at radius 1 is 1.67 bits per heavy atom. The molecule has 0 radical (unpaired) electrons. The molecule has 1 aliphatic heterocycles. The average molecular weight is 246 g/mol. The topological polar surface area (TPSA) is 29.1 Å². The Kier molecular flexibility index (Phi) is 2.30. The molecule has 4 heteroatoms. The summed E-state index contributed by atoms with van der Waals surface area (Å²) in [6.45, 7) is 1.68. The Morgan fingerprint density at radius 2 is 2.42 bits per heavy atom. The second kappa shape index (κ2) is 3.28. The number of carbonyl (C=O) groups excluding carboxylic acids is 1. The van der Waals surface area contributed by atoms with E-state index >= 15 is 0 Å². The second-order valence-electron chi connectivity index (χ2n) is 2.85. The lowest BCUT2D eigenvalue weighted by molar-refractivity contribution is 0.0882. The minimum absolute atomic E-state index is 0.218. The van der Waals surface area contributed by atoms with Crippen molar-refractivity contribution in [2.24, 2.45) is 5.92 Å². The van der Waals surface area contributed by atoms with Crippen LogP contribution in [0.25, 0.3) is 0 Å². The maximum atomic E-state index is 11.6. The molecular weight excluding hydrogens is 238 g/mol. The molecule has 0 aromatic carbocycles. The van der Waals surface area contributed by atoms with Crippen LogP contribution in [0.3, 0.4) is 0 Å². The van der Waals surface area contributed by atoms with Crippen molar-refractivity contribution in [3.63, 3.8) is 0 Å². The van der Waals surface area contributed by atoms with Gasteiger partial charge in [-0.25, -0.2) is 0 Å². The largest absolute Gasteiger partial charge is 0.315 e. The molecule has 12 heavy (non-hydrogen) atoms. The summed E-state index contributed by atoms with van der Waals surface area (Å²) in [6, 6.07) is 1.89. The molecule has 64 valence electrons. The summed E-state index contributed by atoms with van der Waals surface area (Å²) in [5.74, 6) is 0.500. The molecule has 1 fully saturated rings. The maximum absolute atomic E-state index is 11.6. The van der Waals surface area contributed by atoms with Crippen LogP contribution in [0.2, 0.25) is 0 Å². The lowest BCUT2D eigenvalue weighted by Gasteiger charge is -2.24. The number of Topliss-reactive ketones (excluding diaryl/α,β-unsaturated/α-hetero) is 1. The van der Waals surface area contributed by atoms with Crippen molar-refractivity contribution < 1.29 is 4.79 Å². The maximum Gasteiger partial charge on any atom is 0.178 e. The summed E-state index contributed by atoms with van der Waals surface area (Å²) in [7, 11) is 0. The number of carbonyl (C=O) groups is 1. The molecule has 1 aromatic rings. The first-order valence-electron chi connectivity index (χ1n) is 3.76. The fourth-order valence-electron chi connectivity index (χ4n) is 1.12. The molecule has 1 aliphatic rings. The summed E-state index contributed by atoms with van der Waals surface area (Å²) in [6.07, 6.45) is 0. The van der Waals surface area contributed by atoms with Crippen molar-refractivity contribution in [3.8, 4) is 0 Å². The molecule has 0 unspecified atom stereocenters. The molecule has 2 nitrogen and oxygen atoms in total. The number of halogens is 1. The van der Waals surface area contributed by atoms with E-state index in [1.807, 2.05) is 11.4 Å². The van der Waals surface area contributed by atoms with Crippen molar-refractivity contribution >= 4 is 33.0 Å². The molecule has 0 spiro atoms. The van der Waals surface area contributed by atoms with E-state index in [4.69, 9.17) is 0 Å². The van der Waals surface area contributed by atoms with Gasteiger partial charge >= 0.3 is 0 Å². The third-order valence-electron chi connectivity index (χ3n) is 1.96. The van der Waals surface area contributed by atoms with Gasteiger partial charge < -0.3 is 5.32 Å². The van der Waals surface area contributed by atoms with Crippen LogP contribution in [0, 0.1) is 5.92 Å². The van der Waals surface area contributed by atoms with Crippen molar-refractivity contribution in [2.45, 2.75) is 0 Å². The number of ketones is 1. The summed E-state index contributed by atoms with van der Waals surface area (Å²) < 4.78 is 1.00. The predicted molar refractivity (Wildman–Crippen MR) is 52.7 cm³/mol. The fraction of sp³-hybridized carbons (Fsp3) is 0.375. The lowest BCUT2D eigenvalue weighted by atomic mass is 9.97. The van der Waals surface area contributed by atoms with Gasteiger partial charge in [-0.15, -0.1) is 11.3 Å². The van der Waals surface area contributed by atoms with E-state index in [0.717, 1.165) is 22.4 Å². The monoisotopic (exact) mass is 245 g/mol. The van der Waals surface area contributed by atoms with E-state index in [2.05, 4.69) is 21.2 Å². The summed E-state index contributed by atoms with van der Waals surface area (Å²) >= 11 is 4.84.